The molecule has 2 aromatic carbocycles. The molecule has 0 bridgehead atoms. The van der Waals surface area contributed by atoms with Gasteiger partial charge in [-0.1, -0.05) is 23.8 Å². The highest BCUT2D eigenvalue weighted by Gasteiger charge is 2.40. The van der Waals surface area contributed by atoms with Crippen LogP contribution in [-0.4, -0.2) is 36.8 Å². The lowest BCUT2D eigenvalue weighted by Crippen LogP contribution is -2.30. The van der Waals surface area contributed by atoms with Gasteiger partial charge < -0.3 is 15.4 Å². The van der Waals surface area contributed by atoms with Gasteiger partial charge in [0.05, 0.1) is 18.6 Å². The van der Waals surface area contributed by atoms with Crippen molar-refractivity contribution < 1.29 is 32.3 Å². The number of benzene rings is 2. The minimum absolute atomic E-state index is 0.103. The number of carbonyl (C=O) groups excluding carboxylic acids is 3. The summed E-state index contributed by atoms with van der Waals surface area (Å²) in [7, 11) is 1.09. The van der Waals surface area contributed by atoms with Gasteiger partial charge >= 0.3 is 18.1 Å². The van der Waals surface area contributed by atoms with Gasteiger partial charge in [0.15, 0.2) is 0 Å². The van der Waals surface area contributed by atoms with Crippen LogP contribution in [0.2, 0.25) is 0 Å². The highest BCUT2D eigenvalue weighted by atomic mass is 32.2. The third-order valence-electron chi connectivity index (χ3n) is 4.23. The summed E-state index contributed by atoms with van der Waals surface area (Å²) in [6.45, 7) is 1.94. The topological polar surface area (TPSA) is 84.5 Å². The van der Waals surface area contributed by atoms with Crippen molar-refractivity contribution in [1.29, 1.82) is 0 Å². The number of fused-ring (bicyclic) bond motifs is 1. The van der Waals surface area contributed by atoms with Gasteiger partial charge in [-0.2, -0.15) is 13.2 Å². The molecule has 3 rings (SSSR count). The molecule has 0 unspecified atom stereocenters. The molecule has 168 valence electrons. The van der Waals surface area contributed by atoms with Crippen molar-refractivity contribution in [3.8, 4) is 0 Å². The first-order valence-electron chi connectivity index (χ1n) is 9.11. The number of alkyl halides is 3. The molecule has 1 aromatic heterocycles. The first-order chi connectivity index (χ1) is 15.1. The number of anilines is 2. The van der Waals surface area contributed by atoms with Crippen LogP contribution in [0.15, 0.2) is 47.4 Å². The Morgan fingerprint density at radius 1 is 1.06 bits per heavy atom. The zero-order valence-electron chi connectivity index (χ0n) is 16.8. The fraction of sp³-hybridized carbons (Fsp3) is 0.190. The van der Waals surface area contributed by atoms with E-state index in [0.29, 0.717) is 15.3 Å². The predicted octanol–water partition coefficient (Wildman–Crippen LogP) is 5.23. The molecule has 0 radical (unpaired) electrons. The fourth-order valence-corrected chi connectivity index (χ4v) is 4.62. The number of esters is 1. The van der Waals surface area contributed by atoms with E-state index in [1.54, 1.807) is 29.6 Å². The van der Waals surface area contributed by atoms with Crippen molar-refractivity contribution in [2.24, 2.45) is 0 Å². The zero-order valence-corrected chi connectivity index (χ0v) is 18.5. The van der Waals surface area contributed by atoms with Crippen molar-refractivity contribution in [2.75, 3.05) is 23.5 Å². The summed E-state index contributed by atoms with van der Waals surface area (Å²) < 4.78 is 43.2. The average Bonchev–Trinajstić information content (AvgIpc) is 3.10. The Morgan fingerprint density at radius 3 is 2.38 bits per heavy atom. The van der Waals surface area contributed by atoms with Crippen LogP contribution in [0.4, 0.5) is 24.5 Å². The van der Waals surface area contributed by atoms with Crippen LogP contribution < -0.4 is 10.6 Å². The first kappa shape index (κ1) is 23.6. The van der Waals surface area contributed by atoms with Gasteiger partial charge in [-0.05, 0) is 31.2 Å². The zero-order chi connectivity index (χ0) is 23.5. The molecule has 1 heterocycles. The van der Waals surface area contributed by atoms with Crippen molar-refractivity contribution in [3.05, 3.63) is 52.9 Å². The standard InChI is InChI=1S/C21H17F3N2O4S2/c1-11-3-5-12(6-4-11)25-16(27)10-31-13-7-8-14-15(9-13)32-18(19(28)30-2)17(14)26-20(29)21(22,23)24/h3-9H,10H2,1-2H3,(H,25,27)(H,26,29). The lowest BCUT2D eigenvalue weighted by Gasteiger charge is -2.09. The minimum Gasteiger partial charge on any atom is -0.465 e. The smallest absolute Gasteiger partial charge is 0.465 e. The number of ether oxygens (including phenoxy) is 1. The lowest BCUT2D eigenvalue weighted by molar-refractivity contribution is -0.167. The van der Waals surface area contributed by atoms with E-state index >= 15 is 0 Å². The number of halogens is 3. The summed E-state index contributed by atoms with van der Waals surface area (Å²) in [4.78, 5) is 36.2. The molecule has 2 N–H and O–H groups in total. The van der Waals surface area contributed by atoms with E-state index in [1.807, 2.05) is 19.1 Å². The van der Waals surface area contributed by atoms with Crippen LogP contribution in [0.3, 0.4) is 0 Å². The van der Waals surface area contributed by atoms with Gasteiger partial charge in [0.25, 0.3) is 0 Å². The van der Waals surface area contributed by atoms with Crippen LogP contribution in [0.25, 0.3) is 10.1 Å². The molecule has 0 saturated heterocycles. The molecule has 0 fully saturated rings. The molecule has 11 heteroatoms. The van der Waals surface area contributed by atoms with Crippen LogP contribution >= 0.6 is 23.1 Å². The molecule has 3 aromatic rings. The highest BCUT2D eigenvalue weighted by molar-refractivity contribution is 8.00. The maximum absolute atomic E-state index is 12.7. The third-order valence-corrected chi connectivity index (χ3v) is 6.36. The Hall–Kier alpha value is -3.05. The number of thiophene rings is 1. The van der Waals surface area contributed by atoms with Gasteiger partial charge in [-0.15, -0.1) is 23.1 Å². The molecular weight excluding hydrogens is 465 g/mol. The van der Waals surface area contributed by atoms with Gasteiger partial charge in [0, 0.05) is 20.7 Å². The van der Waals surface area contributed by atoms with Crippen molar-refractivity contribution in [3.63, 3.8) is 0 Å². The van der Waals surface area contributed by atoms with E-state index in [9.17, 15) is 27.6 Å². The van der Waals surface area contributed by atoms with Crippen molar-refractivity contribution in [2.45, 2.75) is 18.0 Å². The monoisotopic (exact) mass is 482 g/mol. The number of methoxy groups -OCH3 is 1. The first-order valence-corrected chi connectivity index (χ1v) is 10.9. The number of hydrogen-bond donors (Lipinski definition) is 2. The van der Waals surface area contributed by atoms with Gasteiger partial charge in [-0.3, -0.25) is 9.59 Å². The van der Waals surface area contributed by atoms with Crippen molar-refractivity contribution >= 4 is 62.3 Å². The van der Waals surface area contributed by atoms with Gasteiger partial charge in [0.2, 0.25) is 5.91 Å². The quantitative estimate of drug-likeness (QED) is 0.371. The normalized spacial score (nSPS) is 11.3. The van der Waals surface area contributed by atoms with Crippen molar-refractivity contribution in [1.82, 2.24) is 0 Å². The van der Waals surface area contributed by atoms with E-state index in [4.69, 9.17) is 0 Å². The second-order valence-electron chi connectivity index (χ2n) is 6.61. The van der Waals surface area contributed by atoms with Gasteiger partial charge in [0.1, 0.15) is 4.88 Å². The Bertz CT molecular complexity index is 1170. The van der Waals surface area contributed by atoms with Crippen LogP contribution in [0, 0.1) is 6.92 Å². The van der Waals surface area contributed by atoms with Crippen LogP contribution in [0.1, 0.15) is 15.2 Å². The maximum atomic E-state index is 12.7. The van der Waals surface area contributed by atoms with Crippen LogP contribution in [-0.2, 0) is 14.3 Å². The second-order valence-corrected chi connectivity index (χ2v) is 8.71. The molecule has 0 atom stereocenters. The average molecular weight is 483 g/mol. The number of rotatable bonds is 6. The van der Waals surface area contributed by atoms with E-state index in [2.05, 4.69) is 10.1 Å². The summed E-state index contributed by atoms with van der Waals surface area (Å²) in [6.07, 6.45) is -5.11. The maximum Gasteiger partial charge on any atom is 0.471 e. The molecular formula is C21H17F3N2O4S2. The summed E-state index contributed by atoms with van der Waals surface area (Å²) in [5, 5.41) is 4.81. The molecule has 0 spiro atoms. The summed E-state index contributed by atoms with van der Waals surface area (Å²) in [6, 6.07) is 12.1. The summed E-state index contributed by atoms with van der Waals surface area (Å²) in [5.41, 5.74) is 1.48. The largest absolute Gasteiger partial charge is 0.471 e. The van der Waals surface area contributed by atoms with Crippen LogP contribution in [0.5, 0.6) is 0 Å². The van der Waals surface area contributed by atoms with E-state index < -0.39 is 18.1 Å². The van der Waals surface area contributed by atoms with E-state index in [-0.39, 0.29) is 27.6 Å². The van der Waals surface area contributed by atoms with E-state index in [1.165, 1.54) is 17.8 Å². The number of thioether (sulfide) groups is 1. The summed E-state index contributed by atoms with van der Waals surface area (Å²) in [5.74, 6) is -3.17. The highest BCUT2D eigenvalue weighted by Crippen LogP contribution is 2.39. The molecule has 32 heavy (non-hydrogen) atoms. The number of carbonyl (C=O) groups is 3. The molecule has 6 nitrogen and oxygen atoms in total. The SMILES string of the molecule is COC(=O)c1sc2cc(SCC(=O)Nc3ccc(C)cc3)ccc2c1NC(=O)C(F)(F)F. The number of hydrogen-bond acceptors (Lipinski definition) is 6. The van der Waals surface area contributed by atoms with E-state index in [0.717, 1.165) is 24.0 Å². The fourth-order valence-electron chi connectivity index (χ4n) is 2.69. The second kappa shape index (κ2) is 9.61. The minimum atomic E-state index is -5.11. The molecule has 2 amide bonds. The molecule has 0 aliphatic carbocycles. The van der Waals surface area contributed by atoms with Gasteiger partial charge in [-0.25, -0.2) is 4.79 Å². The molecule has 0 saturated carbocycles. The summed E-state index contributed by atoms with van der Waals surface area (Å²) >= 11 is 2.12. The number of aryl methyl sites for hydroxylation is 1. The Kier molecular flexibility index (Phi) is 7.09. The third kappa shape index (κ3) is 5.60. The predicted molar refractivity (Wildman–Crippen MR) is 118 cm³/mol. The Balaban J connectivity index is 1.78. The number of amides is 2. The Labute approximate surface area is 189 Å². The Morgan fingerprint density at radius 2 is 1.75 bits per heavy atom. The molecule has 0 aliphatic heterocycles. The number of nitrogens with one attached hydrogen (secondary N) is 2. The lowest BCUT2D eigenvalue weighted by atomic mass is 10.2. The molecule has 0 aliphatic rings.